The van der Waals surface area contributed by atoms with E-state index < -0.39 is 0 Å². The van der Waals surface area contributed by atoms with Crippen molar-refractivity contribution >= 4 is 17.4 Å². The van der Waals surface area contributed by atoms with Crippen LogP contribution in [0.15, 0.2) is 29.4 Å². The van der Waals surface area contributed by atoms with Crippen molar-refractivity contribution in [1.29, 1.82) is 0 Å². The monoisotopic (exact) mass is 291 g/mol. The first kappa shape index (κ1) is 15.4. The number of hydrogen-bond donors (Lipinski definition) is 1. The van der Waals surface area contributed by atoms with E-state index in [9.17, 15) is 0 Å². The van der Waals surface area contributed by atoms with E-state index in [2.05, 4.69) is 43.5 Å². The fourth-order valence-electron chi connectivity index (χ4n) is 2.11. The highest BCUT2D eigenvalue weighted by Gasteiger charge is 2.14. The first-order valence-corrected chi connectivity index (χ1v) is 8.44. The molecule has 0 aromatic carbocycles. The van der Waals surface area contributed by atoms with Crippen LogP contribution in [-0.2, 0) is 6.42 Å². The molecule has 2 N–H and O–H groups in total. The molecule has 4 heteroatoms. The van der Waals surface area contributed by atoms with Crippen molar-refractivity contribution < 1.29 is 0 Å². The fourth-order valence-corrected chi connectivity index (χ4v) is 3.40. The van der Waals surface area contributed by atoms with Gasteiger partial charge in [0.25, 0.3) is 0 Å². The Hall–Kier alpha value is -1.00. The molecule has 2 rings (SSSR count). The van der Waals surface area contributed by atoms with Crippen molar-refractivity contribution in [3.8, 4) is 0 Å². The van der Waals surface area contributed by atoms with E-state index in [4.69, 9.17) is 10.7 Å². The van der Waals surface area contributed by atoms with Gasteiger partial charge in [0.2, 0.25) is 0 Å². The van der Waals surface area contributed by atoms with Gasteiger partial charge in [0, 0.05) is 18.7 Å². The first-order valence-electron chi connectivity index (χ1n) is 7.46. The molecule has 0 bridgehead atoms. The summed E-state index contributed by atoms with van der Waals surface area (Å²) < 4.78 is 2.19. The van der Waals surface area contributed by atoms with Crippen LogP contribution in [0.1, 0.15) is 39.3 Å². The number of nitrogens with zero attached hydrogens (tertiary/aromatic N) is 2. The molecular formula is C16H25N3S. The maximum absolute atomic E-state index is 6.15. The first-order chi connectivity index (χ1) is 9.61. The fraction of sp³-hybridized carbons (Fsp3) is 0.562. The van der Waals surface area contributed by atoms with Crippen molar-refractivity contribution in [2.75, 3.05) is 5.75 Å². The molecule has 0 radical (unpaired) electrons. The van der Waals surface area contributed by atoms with Gasteiger partial charge >= 0.3 is 0 Å². The Bertz CT molecular complexity index is 548. The third kappa shape index (κ3) is 3.76. The number of fused-ring (bicyclic) bond motifs is 1. The number of hydrogen-bond acceptors (Lipinski definition) is 3. The summed E-state index contributed by atoms with van der Waals surface area (Å²) in [4.78, 5) is 4.77. The van der Waals surface area contributed by atoms with Gasteiger partial charge in [-0.05, 0) is 36.6 Å². The molecule has 0 aliphatic heterocycles. The second kappa shape index (κ2) is 7.14. The molecule has 0 spiro atoms. The Labute approximate surface area is 126 Å². The van der Waals surface area contributed by atoms with Crippen molar-refractivity contribution in [1.82, 2.24) is 9.38 Å². The minimum Gasteiger partial charge on any atom is -0.327 e. The zero-order valence-electron chi connectivity index (χ0n) is 12.7. The number of rotatable bonds is 7. The lowest BCUT2D eigenvalue weighted by atomic mass is 10.1. The number of nitrogens with two attached hydrogens (primary N) is 1. The molecule has 2 aromatic heterocycles. The number of imidazole rings is 1. The highest BCUT2D eigenvalue weighted by Crippen LogP contribution is 2.26. The Balaban J connectivity index is 2.24. The quantitative estimate of drug-likeness (QED) is 0.790. The highest BCUT2D eigenvalue weighted by atomic mass is 32.2. The molecule has 1 atom stereocenters. The number of aromatic nitrogens is 2. The summed E-state index contributed by atoms with van der Waals surface area (Å²) in [7, 11) is 0. The van der Waals surface area contributed by atoms with Crippen LogP contribution in [0.25, 0.3) is 5.65 Å². The molecular weight excluding hydrogens is 266 g/mol. The molecule has 1 unspecified atom stereocenters. The SMILES string of the molecule is CCC(N)Cc1c(SCCC(C)C)nc2ccccn12. The zero-order valence-corrected chi connectivity index (χ0v) is 13.5. The second-order valence-electron chi connectivity index (χ2n) is 5.70. The molecule has 20 heavy (non-hydrogen) atoms. The number of pyridine rings is 1. The molecule has 110 valence electrons. The predicted octanol–water partition coefficient (Wildman–Crippen LogP) is 3.75. The van der Waals surface area contributed by atoms with Gasteiger partial charge in [-0.15, -0.1) is 11.8 Å². The maximum atomic E-state index is 6.15. The standard InChI is InChI=1S/C16H25N3S/c1-4-13(17)11-14-16(20-10-8-12(2)3)18-15-7-5-6-9-19(14)15/h5-7,9,12-13H,4,8,10-11,17H2,1-3H3. The van der Waals surface area contributed by atoms with Crippen molar-refractivity contribution in [2.45, 2.75) is 51.1 Å². The van der Waals surface area contributed by atoms with Gasteiger partial charge in [-0.3, -0.25) is 0 Å². The van der Waals surface area contributed by atoms with Crippen LogP contribution in [-0.4, -0.2) is 21.2 Å². The lowest BCUT2D eigenvalue weighted by Gasteiger charge is -2.10. The molecule has 2 aromatic rings. The summed E-state index contributed by atoms with van der Waals surface area (Å²) in [5, 5.41) is 1.15. The van der Waals surface area contributed by atoms with E-state index in [1.807, 2.05) is 17.8 Å². The van der Waals surface area contributed by atoms with E-state index in [1.54, 1.807) is 0 Å². The molecule has 0 aliphatic rings. The Morgan fingerprint density at radius 2 is 2.15 bits per heavy atom. The van der Waals surface area contributed by atoms with Gasteiger partial charge in [-0.25, -0.2) is 4.98 Å². The van der Waals surface area contributed by atoms with Crippen LogP contribution in [0.2, 0.25) is 0 Å². The van der Waals surface area contributed by atoms with Crippen LogP contribution < -0.4 is 5.73 Å². The van der Waals surface area contributed by atoms with Gasteiger partial charge in [0.1, 0.15) is 10.7 Å². The van der Waals surface area contributed by atoms with E-state index >= 15 is 0 Å². The molecule has 0 amide bonds. The van der Waals surface area contributed by atoms with Crippen LogP contribution >= 0.6 is 11.8 Å². The summed E-state index contributed by atoms with van der Waals surface area (Å²) in [6.07, 6.45) is 5.20. The second-order valence-corrected chi connectivity index (χ2v) is 6.78. The molecule has 3 nitrogen and oxygen atoms in total. The minimum absolute atomic E-state index is 0.208. The van der Waals surface area contributed by atoms with Crippen LogP contribution in [0.5, 0.6) is 0 Å². The zero-order chi connectivity index (χ0) is 14.5. The van der Waals surface area contributed by atoms with Gasteiger partial charge in [-0.1, -0.05) is 26.8 Å². The third-order valence-electron chi connectivity index (χ3n) is 3.51. The topological polar surface area (TPSA) is 43.3 Å². The summed E-state index contributed by atoms with van der Waals surface area (Å²) in [6.45, 7) is 6.66. The maximum Gasteiger partial charge on any atom is 0.138 e. The van der Waals surface area contributed by atoms with Crippen LogP contribution in [0.3, 0.4) is 0 Å². The summed E-state index contributed by atoms with van der Waals surface area (Å²) in [5.41, 5.74) is 8.44. The molecule has 0 fully saturated rings. The largest absolute Gasteiger partial charge is 0.327 e. The van der Waals surface area contributed by atoms with Gasteiger partial charge in [0.15, 0.2) is 0 Å². The van der Waals surface area contributed by atoms with Crippen molar-refractivity contribution in [3.05, 3.63) is 30.1 Å². The van der Waals surface area contributed by atoms with Crippen LogP contribution in [0.4, 0.5) is 0 Å². The summed E-state index contributed by atoms with van der Waals surface area (Å²) in [6, 6.07) is 6.36. The normalized spacial score (nSPS) is 13.2. The van der Waals surface area contributed by atoms with Crippen molar-refractivity contribution in [3.63, 3.8) is 0 Å². The van der Waals surface area contributed by atoms with Crippen LogP contribution in [0, 0.1) is 5.92 Å². The predicted molar refractivity (Wildman–Crippen MR) is 87.3 cm³/mol. The Kier molecular flexibility index (Phi) is 5.49. The molecule has 0 saturated heterocycles. The van der Waals surface area contributed by atoms with E-state index in [-0.39, 0.29) is 6.04 Å². The molecule has 0 aliphatic carbocycles. The average Bonchev–Trinajstić information content (AvgIpc) is 2.76. The third-order valence-corrected chi connectivity index (χ3v) is 4.55. The van der Waals surface area contributed by atoms with Crippen molar-refractivity contribution in [2.24, 2.45) is 11.7 Å². The lowest BCUT2D eigenvalue weighted by Crippen LogP contribution is -2.22. The van der Waals surface area contributed by atoms with E-state index in [0.29, 0.717) is 0 Å². The summed E-state index contributed by atoms with van der Waals surface area (Å²) >= 11 is 1.87. The molecule has 2 heterocycles. The smallest absolute Gasteiger partial charge is 0.138 e. The van der Waals surface area contributed by atoms with E-state index in [0.717, 1.165) is 35.2 Å². The lowest BCUT2D eigenvalue weighted by molar-refractivity contribution is 0.624. The van der Waals surface area contributed by atoms with Gasteiger partial charge in [-0.2, -0.15) is 0 Å². The van der Waals surface area contributed by atoms with E-state index in [1.165, 1.54) is 12.1 Å². The summed E-state index contributed by atoms with van der Waals surface area (Å²) in [5.74, 6) is 1.86. The van der Waals surface area contributed by atoms with Gasteiger partial charge < -0.3 is 10.1 Å². The Morgan fingerprint density at radius 1 is 1.35 bits per heavy atom. The highest BCUT2D eigenvalue weighted by molar-refractivity contribution is 7.99. The van der Waals surface area contributed by atoms with Gasteiger partial charge in [0.05, 0.1) is 5.69 Å². The number of thioether (sulfide) groups is 1. The average molecular weight is 291 g/mol. The Morgan fingerprint density at radius 3 is 2.85 bits per heavy atom. The molecule has 0 saturated carbocycles. The minimum atomic E-state index is 0.208.